The maximum absolute atomic E-state index is 12.0. The van der Waals surface area contributed by atoms with Crippen LogP contribution >= 0.6 is 11.3 Å². The minimum Gasteiger partial charge on any atom is -0.310 e. The summed E-state index contributed by atoms with van der Waals surface area (Å²) in [6, 6.07) is 1.26. The largest absolute Gasteiger partial charge is 0.310 e. The smallest absolute Gasteiger partial charge is 0.247 e. The summed E-state index contributed by atoms with van der Waals surface area (Å²) < 4.78 is 46.9. The highest BCUT2D eigenvalue weighted by atomic mass is 32.3. The second kappa shape index (κ2) is 5.38. The SMILES string of the molecule is CC(C)CN[C@@H]1CCS(=O)(=O)c2sc(S(N)(=O)=O)cc21. The van der Waals surface area contributed by atoms with Crippen molar-refractivity contribution in [1.29, 1.82) is 0 Å². The van der Waals surface area contributed by atoms with Gasteiger partial charge < -0.3 is 5.32 Å². The van der Waals surface area contributed by atoms with Crippen LogP contribution in [-0.2, 0) is 19.9 Å². The summed E-state index contributed by atoms with van der Waals surface area (Å²) >= 11 is 0.746. The third-order valence-corrected chi connectivity index (χ3v) is 8.04. The Bertz CT molecular complexity index is 704. The van der Waals surface area contributed by atoms with E-state index in [0.29, 0.717) is 17.9 Å². The average Bonchev–Trinajstić information content (AvgIpc) is 2.73. The molecule has 1 aromatic rings. The Morgan fingerprint density at radius 3 is 2.70 bits per heavy atom. The van der Waals surface area contributed by atoms with E-state index in [1.807, 2.05) is 0 Å². The van der Waals surface area contributed by atoms with Gasteiger partial charge in [0.05, 0.1) is 5.75 Å². The second-order valence-corrected chi connectivity index (χ2v) is 10.5. The molecule has 114 valence electrons. The van der Waals surface area contributed by atoms with Gasteiger partial charge in [0.2, 0.25) is 10.0 Å². The molecule has 20 heavy (non-hydrogen) atoms. The Balaban J connectivity index is 2.44. The van der Waals surface area contributed by atoms with Gasteiger partial charge in [-0.3, -0.25) is 0 Å². The molecule has 1 aromatic heterocycles. The number of hydrogen-bond acceptors (Lipinski definition) is 6. The number of fused-ring (bicyclic) bond motifs is 1. The lowest BCUT2D eigenvalue weighted by Crippen LogP contribution is -2.30. The minimum absolute atomic E-state index is 0.0281. The van der Waals surface area contributed by atoms with Crippen LogP contribution < -0.4 is 10.5 Å². The van der Waals surface area contributed by atoms with E-state index in [2.05, 4.69) is 19.2 Å². The fraction of sp³-hybridized carbons (Fsp3) is 0.636. The fourth-order valence-corrected chi connectivity index (χ4v) is 6.27. The number of primary sulfonamides is 1. The molecule has 1 aliphatic heterocycles. The van der Waals surface area contributed by atoms with Crippen molar-refractivity contribution in [1.82, 2.24) is 5.32 Å². The molecule has 0 radical (unpaired) electrons. The lowest BCUT2D eigenvalue weighted by atomic mass is 10.1. The molecule has 0 spiro atoms. The van der Waals surface area contributed by atoms with Crippen molar-refractivity contribution in [2.75, 3.05) is 12.3 Å². The summed E-state index contributed by atoms with van der Waals surface area (Å²) in [6.45, 7) is 4.85. The Labute approximate surface area is 123 Å². The number of sulfonamides is 1. The third-order valence-electron chi connectivity index (χ3n) is 3.09. The number of nitrogens with two attached hydrogens (primary N) is 1. The Morgan fingerprint density at radius 2 is 2.15 bits per heavy atom. The van der Waals surface area contributed by atoms with E-state index in [9.17, 15) is 16.8 Å². The van der Waals surface area contributed by atoms with Gasteiger partial charge in [-0.05, 0) is 24.9 Å². The van der Waals surface area contributed by atoms with Crippen LogP contribution in [0.2, 0.25) is 0 Å². The summed E-state index contributed by atoms with van der Waals surface area (Å²) in [4.78, 5) is 0. The van der Waals surface area contributed by atoms with Crippen LogP contribution in [-0.4, -0.2) is 29.1 Å². The predicted molar refractivity (Wildman–Crippen MR) is 77.9 cm³/mol. The first-order valence-corrected chi connectivity index (χ1v) is 10.3. The van der Waals surface area contributed by atoms with Crippen molar-refractivity contribution < 1.29 is 16.8 Å². The molecule has 0 amide bonds. The molecule has 2 rings (SSSR count). The van der Waals surface area contributed by atoms with Crippen LogP contribution in [0.4, 0.5) is 0 Å². The van der Waals surface area contributed by atoms with Gasteiger partial charge in [-0.25, -0.2) is 22.0 Å². The first-order chi connectivity index (χ1) is 9.11. The third kappa shape index (κ3) is 3.22. The molecular weight excluding hydrogens is 320 g/mol. The van der Waals surface area contributed by atoms with E-state index in [4.69, 9.17) is 5.14 Å². The summed E-state index contributed by atoms with van der Waals surface area (Å²) in [5.41, 5.74) is 0.533. The zero-order valence-corrected chi connectivity index (χ0v) is 13.7. The standard InChI is InChI=1S/C11H18N2O4S3/c1-7(2)6-13-9-3-4-19(14,15)11-8(9)5-10(18-11)20(12,16)17/h5,7,9,13H,3-4,6H2,1-2H3,(H2,12,16,17)/t9-/m1/s1. The van der Waals surface area contributed by atoms with Crippen LogP contribution in [0, 0.1) is 5.92 Å². The molecule has 0 bridgehead atoms. The Hall–Kier alpha value is -0.480. The topological polar surface area (TPSA) is 106 Å². The Kier molecular flexibility index (Phi) is 4.27. The fourth-order valence-electron chi connectivity index (χ4n) is 2.10. The highest BCUT2D eigenvalue weighted by molar-refractivity contribution is 7.95. The van der Waals surface area contributed by atoms with Gasteiger partial charge in [0.15, 0.2) is 9.84 Å². The summed E-state index contributed by atoms with van der Waals surface area (Å²) in [7, 11) is -7.27. The Morgan fingerprint density at radius 1 is 1.50 bits per heavy atom. The molecule has 9 heteroatoms. The van der Waals surface area contributed by atoms with Gasteiger partial charge in [0.25, 0.3) is 0 Å². The molecule has 1 aliphatic rings. The lowest BCUT2D eigenvalue weighted by Gasteiger charge is -2.24. The van der Waals surface area contributed by atoms with E-state index < -0.39 is 19.9 Å². The zero-order chi connectivity index (χ0) is 15.1. The van der Waals surface area contributed by atoms with E-state index in [1.165, 1.54) is 6.07 Å². The number of sulfone groups is 1. The van der Waals surface area contributed by atoms with Gasteiger partial charge in [0.1, 0.15) is 8.42 Å². The van der Waals surface area contributed by atoms with E-state index in [1.54, 1.807) is 0 Å². The molecule has 0 aromatic carbocycles. The van der Waals surface area contributed by atoms with Crippen molar-refractivity contribution in [3.05, 3.63) is 11.6 Å². The van der Waals surface area contributed by atoms with Gasteiger partial charge in [-0.1, -0.05) is 13.8 Å². The van der Waals surface area contributed by atoms with Crippen molar-refractivity contribution in [2.45, 2.75) is 34.7 Å². The van der Waals surface area contributed by atoms with Crippen LogP contribution in [0.5, 0.6) is 0 Å². The molecule has 0 saturated heterocycles. The van der Waals surface area contributed by atoms with Crippen molar-refractivity contribution in [3.8, 4) is 0 Å². The molecule has 2 heterocycles. The van der Waals surface area contributed by atoms with Crippen LogP contribution in [0.3, 0.4) is 0 Å². The van der Waals surface area contributed by atoms with Gasteiger partial charge in [-0.15, -0.1) is 11.3 Å². The van der Waals surface area contributed by atoms with E-state index in [-0.39, 0.29) is 20.2 Å². The number of hydrogen-bond donors (Lipinski definition) is 2. The minimum atomic E-state index is -3.88. The summed E-state index contributed by atoms with van der Waals surface area (Å²) in [5, 5.41) is 8.38. The zero-order valence-electron chi connectivity index (χ0n) is 11.3. The van der Waals surface area contributed by atoms with Crippen molar-refractivity contribution in [3.63, 3.8) is 0 Å². The number of thiophene rings is 1. The molecular formula is C11H18N2O4S3. The molecule has 1 atom stereocenters. The molecule has 3 N–H and O–H groups in total. The normalized spacial score (nSPS) is 21.9. The molecule has 0 fully saturated rings. The molecule has 6 nitrogen and oxygen atoms in total. The second-order valence-electron chi connectivity index (χ2n) is 5.32. The molecule has 0 unspecified atom stereocenters. The maximum Gasteiger partial charge on any atom is 0.247 e. The van der Waals surface area contributed by atoms with Gasteiger partial charge in [0, 0.05) is 11.6 Å². The number of rotatable bonds is 4. The van der Waals surface area contributed by atoms with Crippen LogP contribution in [0.15, 0.2) is 14.5 Å². The van der Waals surface area contributed by atoms with E-state index in [0.717, 1.165) is 17.9 Å². The average molecular weight is 338 g/mol. The van der Waals surface area contributed by atoms with Crippen molar-refractivity contribution in [2.24, 2.45) is 11.1 Å². The first-order valence-electron chi connectivity index (χ1n) is 6.24. The molecule has 0 aliphatic carbocycles. The van der Waals surface area contributed by atoms with Crippen LogP contribution in [0.25, 0.3) is 0 Å². The van der Waals surface area contributed by atoms with E-state index >= 15 is 0 Å². The number of nitrogens with one attached hydrogen (secondary N) is 1. The lowest BCUT2D eigenvalue weighted by molar-refractivity contribution is 0.453. The maximum atomic E-state index is 12.0. The first kappa shape index (κ1) is 15.9. The van der Waals surface area contributed by atoms with Gasteiger partial charge >= 0.3 is 0 Å². The quantitative estimate of drug-likeness (QED) is 0.847. The highest BCUT2D eigenvalue weighted by Gasteiger charge is 2.34. The monoisotopic (exact) mass is 338 g/mol. The van der Waals surface area contributed by atoms with Crippen LogP contribution in [0.1, 0.15) is 31.9 Å². The molecule has 0 saturated carbocycles. The predicted octanol–water partition coefficient (Wildman–Crippen LogP) is 0.860. The van der Waals surface area contributed by atoms with Crippen molar-refractivity contribution >= 4 is 31.2 Å². The highest BCUT2D eigenvalue weighted by Crippen LogP contribution is 2.39. The summed E-state index contributed by atoms with van der Waals surface area (Å²) in [6.07, 6.45) is 0.447. The summed E-state index contributed by atoms with van der Waals surface area (Å²) in [5.74, 6) is 0.452. The van der Waals surface area contributed by atoms with Gasteiger partial charge in [-0.2, -0.15) is 0 Å².